The fraction of sp³-hybridized carbons (Fsp3) is 0.235. The average molecular weight is 297 g/mol. The fourth-order valence-electron chi connectivity index (χ4n) is 2.09. The number of nitro benzene ring substituents is 1. The largest absolute Gasteiger partial charge is 0.272 e. The Balaban J connectivity index is 2.24. The highest BCUT2D eigenvalue weighted by atomic mass is 16.6. The van der Waals surface area contributed by atoms with Gasteiger partial charge in [-0.25, -0.2) is 0 Å². The molecule has 0 radical (unpaired) electrons. The molecule has 2 rings (SSSR count). The van der Waals surface area contributed by atoms with E-state index < -0.39 is 0 Å². The third-order valence-electron chi connectivity index (χ3n) is 3.41. The van der Waals surface area contributed by atoms with Gasteiger partial charge in [-0.05, 0) is 32.9 Å². The molecule has 5 nitrogen and oxygen atoms in total. The van der Waals surface area contributed by atoms with Crippen LogP contribution in [0.2, 0.25) is 0 Å². The van der Waals surface area contributed by atoms with Crippen LogP contribution in [0.25, 0.3) is 0 Å². The Morgan fingerprint density at radius 3 is 2.45 bits per heavy atom. The van der Waals surface area contributed by atoms with E-state index in [-0.39, 0.29) is 10.6 Å². The summed E-state index contributed by atoms with van der Waals surface area (Å²) in [4.78, 5) is 10.6. The van der Waals surface area contributed by atoms with Crippen molar-refractivity contribution in [3.63, 3.8) is 0 Å². The lowest BCUT2D eigenvalue weighted by Crippen LogP contribution is -2.15. The minimum atomic E-state index is -0.371. The number of rotatable bonds is 5. The van der Waals surface area contributed by atoms with Crippen molar-refractivity contribution >= 4 is 17.6 Å². The van der Waals surface area contributed by atoms with E-state index in [1.807, 2.05) is 49.2 Å². The summed E-state index contributed by atoms with van der Waals surface area (Å²) in [5.41, 5.74) is 3.65. The third kappa shape index (κ3) is 3.69. The van der Waals surface area contributed by atoms with E-state index >= 15 is 0 Å². The van der Waals surface area contributed by atoms with Gasteiger partial charge in [0.15, 0.2) is 0 Å². The highest BCUT2D eigenvalue weighted by Gasteiger charge is 2.10. The Kier molecular flexibility index (Phi) is 4.88. The first kappa shape index (κ1) is 15.7. The summed E-state index contributed by atoms with van der Waals surface area (Å²) < 4.78 is 0. The van der Waals surface area contributed by atoms with Crippen molar-refractivity contribution in [2.45, 2.75) is 20.8 Å². The van der Waals surface area contributed by atoms with Gasteiger partial charge in [0.2, 0.25) is 0 Å². The summed E-state index contributed by atoms with van der Waals surface area (Å²) in [6.45, 7) is 6.49. The SMILES string of the molecule is CCN(/N=C\c1ccc(C)c([N+](=O)[O-])c1)c1ccc(C)cc1. The number of benzene rings is 2. The van der Waals surface area contributed by atoms with Crippen LogP contribution in [0.4, 0.5) is 11.4 Å². The number of hydrogen-bond acceptors (Lipinski definition) is 4. The molecule has 2 aromatic carbocycles. The minimum Gasteiger partial charge on any atom is -0.266 e. The molecule has 5 heteroatoms. The molecule has 0 amide bonds. The van der Waals surface area contributed by atoms with Crippen molar-refractivity contribution < 1.29 is 4.92 Å². The van der Waals surface area contributed by atoms with Gasteiger partial charge in [0, 0.05) is 23.7 Å². The second kappa shape index (κ2) is 6.85. The van der Waals surface area contributed by atoms with Gasteiger partial charge in [-0.15, -0.1) is 0 Å². The molecule has 0 aliphatic rings. The van der Waals surface area contributed by atoms with Crippen molar-refractivity contribution in [1.82, 2.24) is 0 Å². The first-order valence-electron chi connectivity index (χ1n) is 7.14. The number of nitro groups is 1. The van der Waals surface area contributed by atoms with Gasteiger partial charge in [-0.1, -0.05) is 29.8 Å². The monoisotopic (exact) mass is 297 g/mol. The van der Waals surface area contributed by atoms with Crippen LogP contribution in [0.1, 0.15) is 23.6 Å². The molecule has 0 heterocycles. The Bertz CT molecular complexity index is 694. The second-order valence-electron chi connectivity index (χ2n) is 5.10. The molecule has 0 aromatic heterocycles. The van der Waals surface area contributed by atoms with E-state index in [1.54, 1.807) is 25.3 Å². The molecule has 0 unspecified atom stereocenters. The predicted octanol–water partition coefficient (Wildman–Crippen LogP) is 4.07. The molecular weight excluding hydrogens is 278 g/mol. The van der Waals surface area contributed by atoms with Gasteiger partial charge in [-0.2, -0.15) is 5.10 Å². The van der Waals surface area contributed by atoms with E-state index in [4.69, 9.17) is 0 Å². The summed E-state index contributed by atoms with van der Waals surface area (Å²) in [5, 5.41) is 17.3. The molecule has 114 valence electrons. The summed E-state index contributed by atoms with van der Waals surface area (Å²) in [5.74, 6) is 0. The van der Waals surface area contributed by atoms with Crippen LogP contribution >= 0.6 is 0 Å². The molecule has 22 heavy (non-hydrogen) atoms. The van der Waals surface area contributed by atoms with Crippen LogP contribution in [0, 0.1) is 24.0 Å². The summed E-state index contributed by atoms with van der Waals surface area (Å²) in [6, 6.07) is 13.2. The lowest BCUT2D eigenvalue weighted by atomic mass is 10.1. The molecular formula is C17H19N3O2. The smallest absolute Gasteiger partial charge is 0.266 e. The molecule has 0 aliphatic carbocycles. The van der Waals surface area contributed by atoms with Crippen LogP contribution in [-0.2, 0) is 0 Å². The van der Waals surface area contributed by atoms with Crippen LogP contribution in [0.15, 0.2) is 47.6 Å². The van der Waals surface area contributed by atoms with Crippen LogP contribution in [-0.4, -0.2) is 17.7 Å². The maximum Gasteiger partial charge on any atom is 0.272 e. The zero-order valence-corrected chi connectivity index (χ0v) is 13.0. The van der Waals surface area contributed by atoms with Gasteiger partial charge < -0.3 is 0 Å². The Morgan fingerprint density at radius 2 is 1.86 bits per heavy atom. The Morgan fingerprint density at radius 1 is 1.18 bits per heavy atom. The molecule has 0 fully saturated rings. The number of anilines is 1. The van der Waals surface area contributed by atoms with Gasteiger partial charge in [0.05, 0.1) is 16.8 Å². The number of hydrazone groups is 1. The summed E-state index contributed by atoms with van der Waals surface area (Å²) in [7, 11) is 0. The lowest BCUT2D eigenvalue weighted by Gasteiger charge is -2.16. The molecule has 0 saturated heterocycles. The second-order valence-corrected chi connectivity index (χ2v) is 5.10. The molecule has 2 aromatic rings. The number of hydrogen-bond donors (Lipinski definition) is 0. The summed E-state index contributed by atoms with van der Waals surface area (Å²) >= 11 is 0. The van der Waals surface area contributed by atoms with Crippen molar-refractivity contribution in [1.29, 1.82) is 0 Å². The molecule has 0 bridgehead atoms. The predicted molar refractivity (Wildman–Crippen MR) is 89.6 cm³/mol. The highest BCUT2D eigenvalue weighted by molar-refractivity contribution is 5.81. The normalized spacial score (nSPS) is 10.9. The maximum atomic E-state index is 11.0. The highest BCUT2D eigenvalue weighted by Crippen LogP contribution is 2.19. The van der Waals surface area contributed by atoms with E-state index in [2.05, 4.69) is 5.10 Å². The quantitative estimate of drug-likeness (QED) is 0.475. The fourth-order valence-corrected chi connectivity index (χ4v) is 2.09. The average Bonchev–Trinajstić information content (AvgIpc) is 2.50. The number of nitrogens with zero attached hydrogens (tertiary/aromatic N) is 3. The van der Waals surface area contributed by atoms with Gasteiger partial charge in [0.1, 0.15) is 0 Å². The Hall–Kier alpha value is -2.69. The third-order valence-corrected chi connectivity index (χ3v) is 3.41. The van der Waals surface area contributed by atoms with Crippen LogP contribution in [0.3, 0.4) is 0 Å². The minimum absolute atomic E-state index is 0.113. The maximum absolute atomic E-state index is 11.0. The van der Waals surface area contributed by atoms with Crippen molar-refractivity contribution in [3.05, 3.63) is 69.3 Å². The standard InChI is InChI=1S/C17H19N3O2/c1-4-19(16-9-5-13(2)6-10-16)18-12-15-8-7-14(3)17(11-15)20(21)22/h5-12H,4H2,1-3H3/b18-12-. The molecule has 0 spiro atoms. The van der Waals surface area contributed by atoms with E-state index in [0.29, 0.717) is 17.7 Å². The summed E-state index contributed by atoms with van der Waals surface area (Å²) in [6.07, 6.45) is 1.65. The number of aryl methyl sites for hydroxylation is 2. The molecule has 0 atom stereocenters. The first-order chi connectivity index (χ1) is 10.5. The van der Waals surface area contributed by atoms with Gasteiger partial charge in [0.25, 0.3) is 5.69 Å². The molecule has 0 aliphatic heterocycles. The van der Waals surface area contributed by atoms with Gasteiger partial charge in [-0.3, -0.25) is 15.1 Å². The van der Waals surface area contributed by atoms with E-state index in [9.17, 15) is 10.1 Å². The Labute approximate surface area is 130 Å². The van der Waals surface area contributed by atoms with Crippen LogP contribution in [0.5, 0.6) is 0 Å². The van der Waals surface area contributed by atoms with Crippen LogP contribution < -0.4 is 5.01 Å². The topological polar surface area (TPSA) is 58.7 Å². The van der Waals surface area contributed by atoms with Crippen molar-refractivity contribution in [2.75, 3.05) is 11.6 Å². The molecule has 0 saturated carbocycles. The van der Waals surface area contributed by atoms with E-state index in [1.165, 1.54) is 5.56 Å². The van der Waals surface area contributed by atoms with Gasteiger partial charge >= 0.3 is 0 Å². The zero-order valence-electron chi connectivity index (χ0n) is 13.0. The van der Waals surface area contributed by atoms with E-state index in [0.717, 1.165) is 5.69 Å². The lowest BCUT2D eigenvalue weighted by molar-refractivity contribution is -0.385. The first-order valence-corrected chi connectivity index (χ1v) is 7.14. The van der Waals surface area contributed by atoms with Crippen molar-refractivity contribution in [3.8, 4) is 0 Å². The zero-order chi connectivity index (χ0) is 16.1. The molecule has 0 N–H and O–H groups in total. The van der Waals surface area contributed by atoms with Crippen molar-refractivity contribution in [2.24, 2.45) is 5.10 Å².